The molecule has 0 saturated carbocycles. The number of hydrogen-bond acceptors (Lipinski definition) is 2. The van der Waals surface area contributed by atoms with Crippen LogP contribution >= 0.6 is 0 Å². The van der Waals surface area contributed by atoms with Crippen LogP contribution in [0.5, 0.6) is 0 Å². The molecule has 1 amide bonds. The Kier molecular flexibility index (Phi) is 6.54. The Bertz CT molecular complexity index is 169. The molecular weight excluding hydrogens is 176 g/mol. The molecule has 0 spiro atoms. The lowest BCUT2D eigenvalue weighted by atomic mass is 10.1. The van der Waals surface area contributed by atoms with Crippen LogP contribution in [0.1, 0.15) is 27.2 Å². The summed E-state index contributed by atoms with van der Waals surface area (Å²) in [6, 6.07) is 0. The van der Waals surface area contributed by atoms with E-state index in [0.29, 0.717) is 12.3 Å². The first-order chi connectivity index (χ1) is 6.47. The van der Waals surface area contributed by atoms with Crippen LogP contribution in [0.4, 0.5) is 0 Å². The van der Waals surface area contributed by atoms with E-state index in [9.17, 15) is 4.79 Å². The number of rotatable bonds is 6. The average Bonchev–Trinajstić information content (AvgIpc) is 2.12. The number of carbonyl (C=O) groups excluding carboxylic acids is 1. The Balaban J connectivity index is 3.72. The maximum atomic E-state index is 11.6. The van der Waals surface area contributed by atoms with Crippen molar-refractivity contribution in [2.24, 2.45) is 5.92 Å². The van der Waals surface area contributed by atoms with Gasteiger partial charge in [-0.3, -0.25) is 4.79 Å². The monoisotopic (exact) mass is 200 g/mol. The van der Waals surface area contributed by atoms with Crippen LogP contribution in [-0.4, -0.2) is 49.4 Å². The van der Waals surface area contributed by atoms with Gasteiger partial charge in [0.2, 0.25) is 5.91 Å². The van der Waals surface area contributed by atoms with E-state index < -0.39 is 0 Å². The lowest BCUT2D eigenvalue weighted by Gasteiger charge is -2.21. The third-order valence-electron chi connectivity index (χ3n) is 2.37. The molecule has 0 fully saturated rings. The van der Waals surface area contributed by atoms with Crippen molar-refractivity contribution in [3.8, 4) is 0 Å². The summed E-state index contributed by atoms with van der Waals surface area (Å²) in [6.45, 7) is 9.09. The van der Waals surface area contributed by atoms with Gasteiger partial charge in [0.1, 0.15) is 0 Å². The molecule has 0 atom stereocenters. The van der Waals surface area contributed by atoms with Crippen LogP contribution in [0, 0.1) is 5.92 Å². The molecule has 0 aliphatic carbocycles. The highest BCUT2D eigenvalue weighted by Gasteiger charge is 2.10. The number of likely N-dealkylation sites (N-methyl/N-ethyl adjacent to an activating group) is 2. The van der Waals surface area contributed by atoms with E-state index in [1.54, 1.807) is 0 Å². The minimum absolute atomic E-state index is 0.254. The van der Waals surface area contributed by atoms with Crippen LogP contribution in [0.2, 0.25) is 0 Å². The lowest BCUT2D eigenvalue weighted by molar-refractivity contribution is -0.130. The molecule has 0 rings (SSSR count). The van der Waals surface area contributed by atoms with Crippen LogP contribution in [0.3, 0.4) is 0 Å². The van der Waals surface area contributed by atoms with Crippen LogP contribution < -0.4 is 0 Å². The summed E-state index contributed by atoms with van der Waals surface area (Å²) in [7, 11) is 3.95. The second kappa shape index (κ2) is 6.82. The number of carbonyl (C=O) groups is 1. The van der Waals surface area contributed by atoms with Gasteiger partial charge in [-0.15, -0.1) is 0 Å². The normalized spacial score (nSPS) is 11.1. The fraction of sp³-hybridized carbons (Fsp3) is 0.909. The Morgan fingerprint density at radius 2 is 1.79 bits per heavy atom. The summed E-state index contributed by atoms with van der Waals surface area (Å²) in [5.74, 6) is 0.707. The first kappa shape index (κ1) is 13.4. The summed E-state index contributed by atoms with van der Waals surface area (Å²) in [5, 5.41) is 0. The molecule has 0 bridgehead atoms. The Hall–Kier alpha value is -0.570. The van der Waals surface area contributed by atoms with Gasteiger partial charge in [0.05, 0.1) is 0 Å². The average molecular weight is 200 g/mol. The van der Waals surface area contributed by atoms with Gasteiger partial charge in [-0.25, -0.2) is 0 Å². The van der Waals surface area contributed by atoms with Crippen molar-refractivity contribution in [1.82, 2.24) is 9.80 Å². The van der Waals surface area contributed by atoms with Gasteiger partial charge in [0, 0.05) is 26.6 Å². The topological polar surface area (TPSA) is 23.6 Å². The van der Waals surface area contributed by atoms with E-state index in [-0.39, 0.29) is 5.91 Å². The summed E-state index contributed by atoms with van der Waals surface area (Å²) in [5.41, 5.74) is 0. The van der Waals surface area contributed by atoms with Crippen molar-refractivity contribution in [2.45, 2.75) is 27.2 Å². The predicted molar refractivity (Wildman–Crippen MR) is 60.3 cm³/mol. The SMILES string of the molecule is CCN(C)CCN(C)C(=O)CC(C)C. The first-order valence-electron chi connectivity index (χ1n) is 5.39. The smallest absolute Gasteiger partial charge is 0.222 e. The van der Waals surface area contributed by atoms with Gasteiger partial charge in [0.25, 0.3) is 0 Å². The first-order valence-corrected chi connectivity index (χ1v) is 5.39. The van der Waals surface area contributed by atoms with E-state index in [2.05, 4.69) is 32.7 Å². The molecule has 84 valence electrons. The van der Waals surface area contributed by atoms with Crippen LogP contribution in [-0.2, 0) is 4.79 Å². The van der Waals surface area contributed by atoms with Crippen molar-refractivity contribution in [3.05, 3.63) is 0 Å². The molecular formula is C11H24N2O. The molecule has 0 radical (unpaired) electrons. The van der Waals surface area contributed by atoms with Gasteiger partial charge < -0.3 is 9.80 Å². The molecule has 14 heavy (non-hydrogen) atoms. The van der Waals surface area contributed by atoms with E-state index in [1.807, 2.05) is 11.9 Å². The molecule has 0 aliphatic rings. The summed E-state index contributed by atoms with van der Waals surface area (Å²) in [4.78, 5) is 15.6. The minimum atomic E-state index is 0.254. The fourth-order valence-corrected chi connectivity index (χ4v) is 1.11. The Morgan fingerprint density at radius 3 is 2.21 bits per heavy atom. The summed E-state index contributed by atoms with van der Waals surface area (Å²) < 4.78 is 0. The molecule has 0 aliphatic heterocycles. The number of amides is 1. The number of nitrogens with zero attached hydrogens (tertiary/aromatic N) is 2. The zero-order chi connectivity index (χ0) is 11.1. The quantitative estimate of drug-likeness (QED) is 0.648. The molecule has 0 aromatic rings. The second-order valence-electron chi connectivity index (χ2n) is 4.31. The molecule has 0 N–H and O–H groups in total. The third kappa shape index (κ3) is 5.97. The highest BCUT2D eigenvalue weighted by atomic mass is 16.2. The molecule has 3 nitrogen and oxygen atoms in total. The van der Waals surface area contributed by atoms with Crippen molar-refractivity contribution in [2.75, 3.05) is 33.7 Å². The summed E-state index contributed by atoms with van der Waals surface area (Å²) >= 11 is 0. The van der Waals surface area contributed by atoms with E-state index in [0.717, 1.165) is 19.6 Å². The maximum absolute atomic E-state index is 11.6. The van der Waals surface area contributed by atoms with E-state index in [4.69, 9.17) is 0 Å². The van der Waals surface area contributed by atoms with Gasteiger partial charge in [0.15, 0.2) is 0 Å². The number of hydrogen-bond donors (Lipinski definition) is 0. The third-order valence-corrected chi connectivity index (χ3v) is 2.37. The standard InChI is InChI=1S/C11H24N2O/c1-6-12(4)7-8-13(5)11(14)9-10(2)3/h10H,6-9H2,1-5H3. The van der Waals surface area contributed by atoms with Crippen molar-refractivity contribution < 1.29 is 4.79 Å². The Labute approximate surface area is 88.1 Å². The van der Waals surface area contributed by atoms with Crippen molar-refractivity contribution in [1.29, 1.82) is 0 Å². The van der Waals surface area contributed by atoms with Gasteiger partial charge in [-0.05, 0) is 19.5 Å². The molecule has 0 aromatic heterocycles. The van der Waals surface area contributed by atoms with Crippen LogP contribution in [0.25, 0.3) is 0 Å². The van der Waals surface area contributed by atoms with Crippen LogP contribution in [0.15, 0.2) is 0 Å². The van der Waals surface area contributed by atoms with Crippen molar-refractivity contribution >= 4 is 5.91 Å². The zero-order valence-electron chi connectivity index (χ0n) is 10.2. The van der Waals surface area contributed by atoms with Gasteiger partial charge in [-0.2, -0.15) is 0 Å². The predicted octanol–water partition coefficient (Wildman–Crippen LogP) is 1.44. The summed E-state index contributed by atoms with van der Waals surface area (Å²) in [6.07, 6.45) is 0.659. The van der Waals surface area contributed by atoms with E-state index >= 15 is 0 Å². The molecule has 3 heteroatoms. The highest BCUT2D eigenvalue weighted by molar-refractivity contribution is 5.76. The lowest BCUT2D eigenvalue weighted by Crippen LogP contribution is -2.35. The van der Waals surface area contributed by atoms with Gasteiger partial charge >= 0.3 is 0 Å². The minimum Gasteiger partial charge on any atom is -0.344 e. The largest absolute Gasteiger partial charge is 0.344 e. The maximum Gasteiger partial charge on any atom is 0.222 e. The highest BCUT2D eigenvalue weighted by Crippen LogP contribution is 2.02. The molecule has 0 saturated heterocycles. The van der Waals surface area contributed by atoms with Gasteiger partial charge in [-0.1, -0.05) is 20.8 Å². The second-order valence-corrected chi connectivity index (χ2v) is 4.31. The Morgan fingerprint density at radius 1 is 1.21 bits per heavy atom. The van der Waals surface area contributed by atoms with E-state index in [1.165, 1.54) is 0 Å². The van der Waals surface area contributed by atoms with Crippen molar-refractivity contribution in [3.63, 3.8) is 0 Å². The molecule has 0 aromatic carbocycles. The molecule has 0 unspecified atom stereocenters. The zero-order valence-corrected chi connectivity index (χ0v) is 10.2. The fourth-order valence-electron chi connectivity index (χ4n) is 1.11. The molecule has 0 heterocycles.